The molecular weight excluding hydrogens is 325 g/mol. The lowest BCUT2D eigenvalue weighted by molar-refractivity contribution is -0.144. The van der Waals surface area contributed by atoms with Crippen molar-refractivity contribution in [2.24, 2.45) is 0 Å². The molecule has 0 aromatic heterocycles. The van der Waals surface area contributed by atoms with Crippen LogP contribution in [0.5, 0.6) is 0 Å². The number of rotatable bonds is 5. The van der Waals surface area contributed by atoms with Gasteiger partial charge in [-0.15, -0.1) is 0 Å². The lowest BCUT2D eigenvalue weighted by atomic mass is 10.2. The predicted molar refractivity (Wildman–Crippen MR) is 86.9 cm³/mol. The lowest BCUT2D eigenvalue weighted by Gasteiger charge is -2.11. The third kappa shape index (κ3) is 5.35. The summed E-state index contributed by atoms with van der Waals surface area (Å²) in [5.74, 6) is -0.856. The summed E-state index contributed by atoms with van der Waals surface area (Å²) in [5, 5.41) is 3.81. The van der Waals surface area contributed by atoms with Crippen molar-refractivity contribution >= 4 is 41.2 Å². The minimum atomic E-state index is -0.590. The number of halogens is 2. The lowest BCUT2D eigenvalue weighted by Crippen LogP contribution is -2.35. The average Bonchev–Trinajstić information content (AvgIpc) is 2.97. The molecule has 1 aliphatic carbocycles. The van der Waals surface area contributed by atoms with Gasteiger partial charge in [0.15, 0.2) is 6.61 Å². The van der Waals surface area contributed by atoms with Crippen molar-refractivity contribution in [3.8, 4) is 0 Å². The molecule has 0 unspecified atom stereocenters. The van der Waals surface area contributed by atoms with E-state index in [0.29, 0.717) is 15.6 Å². The summed E-state index contributed by atoms with van der Waals surface area (Å²) >= 11 is 11.8. The zero-order valence-electron chi connectivity index (χ0n) is 12.0. The summed E-state index contributed by atoms with van der Waals surface area (Å²) in [6.45, 7) is -0.270. The Kier molecular flexibility index (Phi) is 6.28. The molecule has 1 N–H and O–H groups in total. The monoisotopic (exact) mass is 341 g/mol. The first kappa shape index (κ1) is 16.8. The summed E-state index contributed by atoms with van der Waals surface area (Å²) in [6.07, 6.45) is 7.02. The van der Waals surface area contributed by atoms with Crippen LogP contribution in [-0.2, 0) is 14.3 Å². The summed E-state index contributed by atoms with van der Waals surface area (Å²) in [6, 6.07) is 5.17. The summed E-state index contributed by atoms with van der Waals surface area (Å²) in [5.41, 5.74) is 0.651. The Balaban J connectivity index is 1.77. The largest absolute Gasteiger partial charge is 0.452 e. The van der Waals surface area contributed by atoms with E-state index in [2.05, 4.69) is 5.32 Å². The second kappa shape index (κ2) is 8.20. The Labute approximate surface area is 139 Å². The fourth-order valence-electron chi connectivity index (χ4n) is 2.32. The predicted octanol–water partition coefficient (Wildman–Crippen LogP) is 3.61. The number of benzene rings is 1. The number of carbonyl (C=O) groups is 2. The van der Waals surface area contributed by atoms with E-state index in [1.165, 1.54) is 12.2 Å². The Bertz CT molecular complexity index is 581. The zero-order valence-corrected chi connectivity index (χ0v) is 13.5. The van der Waals surface area contributed by atoms with Gasteiger partial charge in [-0.1, -0.05) is 42.1 Å². The topological polar surface area (TPSA) is 55.4 Å². The van der Waals surface area contributed by atoms with Crippen molar-refractivity contribution in [1.29, 1.82) is 0 Å². The molecule has 1 fully saturated rings. The van der Waals surface area contributed by atoms with Crippen LogP contribution < -0.4 is 5.32 Å². The van der Waals surface area contributed by atoms with Gasteiger partial charge in [0.05, 0.1) is 0 Å². The first-order valence-electron chi connectivity index (χ1n) is 7.14. The highest BCUT2D eigenvalue weighted by Crippen LogP contribution is 2.22. The van der Waals surface area contributed by atoms with Gasteiger partial charge in [0, 0.05) is 22.2 Å². The fourth-order valence-corrected chi connectivity index (χ4v) is 2.79. The smallest absolute Gasteiger partial charge is 0.331 e. The molecule has 0 atom stereocenters. The van der Waals surface area contributed by atoms with Gasteiger partial charge in [0.1, 0.15) is 0 Å². The SMILES string of the molecule is O=C(COC(=O)/C=C/c1ccc(Cl)cc1Cl)NC1CCCC1. The maximum Gasteiger partial charge on any atom is 0.331 e. The van der Waals surface area contributed by atoms with Crippen LogP contribution in [0.4, 0.5) is 0 Å². The summed E-state index contributed by atoms with van der Waals surface area (Å²) < 4.78 is 4.89. The Morgan fingerprint density at radius 3 is 2.68 bits per heavy atom. The molecule has 1 aromatic rings. The number of hydrogen-bond acceptors (Lipinski definition) is 3. The van der Waals surface area contributed by atoms with Gasteiger partial charge in [-0.05, 0) is 36.6 Å². The minimum Gasteiger partial charge on any atom is -0.452 e. The molecule has 22 heavy (non-hydrogen) atoms. The molecule has 1 amide bonds. The third-order valence-corrected chi connectivity index (χ3v) is 3.99. The van der Waals surface area contributed by atoms with E-state index in [0.717, 1.165) is 25.7 Å². The van der Waals surface area contributed by atoms with Crippen LogP contribution in [0, 0.1) is 0 Å². The van der Waals surface area contributed by atoms with E-state index in [1.807, 2.05) is 0 Å². The molecule has 2 rings (SSSR count). The van der Waals surface area contributed by atoms with Gasteiger partial charge >= 0.3 is 5.97 Å². The van der Waals surface area contributed by atoms with Crippen LogP contribution in [0.25, 0.3) is 6.08 Å². The second-order valence-corrected chi connectivity index (χ2v) is 6.00. The van der Waals surface area contributed by atoms with Gasteiger partial charge in [-0.25, -0.2) is 4.79 Å². The normalized spacial score (nSPS) is 15.2. The zero-order chi connectivity index (χ0) is 15.9. The highest BCUT2D eigenvalue weighted by Gasteiger charge is 2.17. The average molecular weight is 342 g/mol. The van der Waals surface area contributed by atoms with Crippen LogP contribution in [0.2, 0.25) is 10.0 Å². The molecule has 6 heteroatoms. The minimum absolute atomic E-state index is 0.217. The molecule has 1 saturated carbocycles. The quantitative estimate of drug-likeness (QED) is 0.657. The first-order chi connectivity index (χ1) is 10.5. The molecule has 0 radical (unpaired) electrons. The van der Waals surface area contributed by atoms with Crippen LogP contribution in [0.1, 0.15) is 31.2 Å². The van der Waals surface area contributed by atoms with Gasteiger partial charge in [-0.3, -0.25) is 4.79 Å². The van der Waals surface area contributed by atoms with Crippen LogP contribution in [0.3, 0.4) is 0 Å². The van der Waals surface area contributed by atoms with Crippen LogP contribution in [-0.4, -0.2) is 24.5 Å². The molecule has 0 saturated heterocycles. The highest BCUT2D eigenvalue weighted by molar-refractivity contribution is 6.35. The summed E-state index contributed by atoms with van der Waals surface area (Å²) in [7, 11) is 0. The van der Waals surface area contributed by atoms with Crippen LogP contribution >= 0.6 is 23.2 Å². The van der Waals surface area contributed by atoms with Gasteiger partial charge < -0.3 is 10.1 Å². The standard InChI is InChI=1S/C16H17Cl2NO3/c17-12-7-5-11(14(18)9-12)6-8-16(21)22-10-15(20)19-13-3-1-2-4-13/h5-9,13H,1-4,10H2,(H,19,20)/b8-6+. The third-order valence-electron chi connectivity index (χ3n) is 3.43. The number of carbonyl (C=O) groups excluding carboxylic acids is 2. The Morgan fingerprint density at radius 1 is 1.27 bits per heavy atom. The number of amides is 1. The molecule has 0 aliphatic heterocycles. The van der Waals surface area contributed by atoms with Crippen molar-refractivity contribution in [2.75, 3.05) is 6.61 Å². The van der Waals surface area contributed by atoms with Crippen LogP contribution in [0.15, 0.2) is 24.3 Å². The molecule has 0 spiro atoms. The second-order valence-electron chi connectivity index (χ2n) is 5.16. The van der Waals surface area contributed by atoms with E-state index in [-0.39, 0.29) is 18.6 Å². The van der Waals surface area contributed by atoms with E-state index in [1.54, 1.807) is 18.2 Å². The molecule has 1 aromatic carbocycles. The van der Waals surface area contributed by atoms with Gasteiger partial charge in [0.25, 0.3) is 5.91 Å². The van der Waals surface area contributed by atoms with Crippen molar-refractivity contribution in [2.45, 2.75) is 31.7 Å². The number of ether oxygens (including phenoxy) is 1. The van der Waals surface area contributed by atoms with E-state index < -0.39 is 5.97 Å². The molecule has 0 bridgehead atoms. The van der Waals surface area contributed by atoms with Crippen molar-refractivity contribution in [3.63, 3.8) is 0 Å². The Hall–Kier alpha value is -1.52. The Morgan fingerprint density at radius 2 is 2.00 bits per heavy atom. The number of nitrogens with one attached hydrogen (secondary N) is 1. The van der Waals surface area contributed by atoms with Crippen molar-refractivity contribution < 1.29 is 14.3 Å². The number of esters is 1. The van der Waals surface area contributed by atoms with E-state index in [4.69, 9.17) is 27.9 Å². The van der Waals surface area contributed by atoms with Crippen molar-refractivity contribution in [3.05, 3.63) is 39.9 Å². The maximum atomic E-state index is 11.6. The van der Waals surface area contributed by atoms with E-state index in [9.17, 15) is 9.59 Å². The fraction of sp³-hybridized carbons (Fsp3) is 0.375. The van der Waals surface area contributed by atoms with Gasteiger partial charge in [-0.2, -0.15) is 0 Å². The molecular formula is C16H17Cl2NO3. The molecule has 4 nitrogen and oxygen atoms in total. The molecule has 118 valence electrons. The molecule has 1 aliphatic rings. The number of hydrogen-bond donors (Lipinski definition) is 1. The first-order valence-corrected chi connectivity index (χ1v) is 7.89. The van der Waals surface area contributed by atoms with Gasteiger partial charge in [0.2, 0.25) is 0 Å². The molecule has 0 heterocycles. The van der Waals surface area contributed by atoms with Crippen molar-refractivity contribution in [1.82, 2.24) is 5.32 Å². The maximum absolute atomic E-state index is 11.6. The summed E-state index contributed by atoms with van der Waals surface area (Å²) in [4.78, 5) is 23.2. The van der Waals surface area contributed by atoms with E-state index >= 15 is 0 Å². The highest BCUT2D eigenvalue weighted by atomic mass is 35.5.